The number of aromatic nitrogens is 2. The number of rotatable bonds is 7. The molecule has 1 aliphatic rings. The van der Waals surface area contributed by atoms with Crippen molar-refractivity contribution in [2.75, 3.05) is 38.3 Å². The maximum absolute atomic E-state index is 12.9. The van der Waals surface area contributed by atoms with Crippen LogP contribution in [-0.4, -0.2) is 71.0 Å². The van der Waals surface area contributed by atoms with Gasteiger partial charge in [0.25, 0.3) is 0 Å². The molecule has 0 unspecified atom stereocenters. The van der Waals surface area contributed by atoms with E-state index in [0.29, 0.717) is 31.9 Å². The fourth-order valence-electron chi connectivity index (χ4n) is 2.66. The van der Waals surface area contributed by atoms with Gasteiger partial charge in [0, 0.05) is 38.2 Å². The third-order valence-electron chi connectivity index (χ3n) is 4.14. The highest BCUT2D eigenvalue weighted by molar-refractivity contribution is 6.08. The van der Waals surface area contributed by atoms with E-state index in [4.69, 9.17) is 9.84 Å². The van der Waals surface area contributed by atoms with Crippen LogP contribution in [0.25, 0.3) is 0 Å². The molecular formula is C16H21FN4O5. The van der Waals surface area contributed by atoms with Crippen molar-refractivity contribution in [2.24, 2.45) is 0 Å². The SMILES string of the molecule is COCC1(O)CCN(c2ncc(C(=O)C(=CF)CNC(=O)O)cn2)CC1. The standard InChI is InChI=1S/C16H21FN4O5/c1-26-10-16(25)2-4-21(5-3-16)14-18-8-12(9-19-14)13(22)11(6-17)7-20-15(23)24/h6,8-9,20,25H,2-5,7,10H2,1H3,(H,23,24). The number of methoxy groups -OCH3 is 1. The van der Waals surface area contributed by atoms with E-state index in [-0.39, 0.29) is 24.1 Å². The number of hydrogen-bond donors (Lipinski definition) is 3. The molecule has 2 heterocycles. The van der Waals surface area contributed by atoms with Crippen LogP contribution in [-0.2, 0) is 4.74 Å². The van der Waals surface area contributed by atoms with Crippen LogP contribution >= 0.6 is 0 Å². The molecule has 3 N–H and O–H groups in total. The molecule has 0 radical (unpaired) electrons. The lowest BCUT2D eigenvalue weighted by molar-refractivity contribution is -0.0473. The molecule has 1 aromatic rings. The minimum absolute atomic E-state index is 0.0535. The molecule has 0 bridgehead atoms. The number of anilines is 1. The Bertz CT molecular complexity index is 672. The van der Waals surface area contributed by atoms with Crippen molar-refractivity contribution in [3.63, 3.8) is 0 Å². The molecule has 1 aliphatic heterocycles. The number of aliphatic hydroxyl groups is 1. The molecule has 9 nitrogen and oxygen atoms in total. The van der Waals surface area contributed by atoms with E-state index in [2.05, 4.69) is 9.97 Å². The molecule has 26 heavy (non-hydrogen) atoms. The van der Waals surface area contributed by atoms with Crippen molar-refractivity contribution in [1.82, 2.24) is 15.3 Å². The Morgan fingerprint density at radius 3 is 2.50 bits per heavy atom. The molecule has 142 valence electrons. The van der Waals surface area contributed by atoms with Crippen LogP contribution in [0, 0.1) is 0 Å². The van der Waals surface area contributed by atoms with Crippen LogP contribution < -0.4 is 10.2 Å². The predicted molar refractivity (Wildman–Crippen MR) is 89.9 cm³/mol. The summed E-state index contributed by atoms with van der Waals surface area (Å²) in [5.41, 5.74) is -1.15. The average molecular weight is 368 g/mol. The highest BCUT2D eigenvalue weighted by atomic mass is 19.1. The Hall–Kier alpha value is -2.59. The van der Waals surface area contributed by atoms with Crippen molar-refractivity contribution < 1.29 is 28.9 Å². The monoisotopic (exact) mass is 368 g/mol. The number of carbonyl (C=O) groups excluding carboxylic acids is 1. The van der Waals surface area contributed by atoms with Gasteiger partial charge >= 0.3 is 6.09 Å². The highest BCUT2D eigenvalue weighted by Gasteiger charge is 2.33. The number of hydrogen-bond acceptors (Lipinski definition) is 7. The Balaban J connectivity index is 2.00. The molecule has 1 fully saturated rings. The first-order valence-electron chi connectivity index (χ1n) is 7.97. The third-order valence-corrected chi connectivity index (χ3v) is 4.14. The summed E-state index contributed by atoms with van der Waals surface area (Å²) >= 11 is 0. The van der Waals surface area contributed by atoms with E-state index >= 15 is 0 Å². The second-order valence-corrected chi connectivity index (χ2v) is 6.04. The topological polar surface area (TPSA) is 125 Å². The fraction of sp³-hybridized carbons (Fsp3) is 0.500. The molecule has 1 amide bonds. The van der Waals surface area contributed by atoms with Crippen molar-refractivity contribution in [2.45, 2.75) is 18.4 Å². The van der Waals surface area contributed by atoms with Crippen LogP contribution in [0.3, 0.4) is 0 Å². The summed E-state index contributed by atoms with van der Waals surface area (Å²) in [5.74, 6) is -0.295. The Kier molecular flexibility index (Phi) is 6.58. The van der Waals surface area contributed by atoms with Gasteiger partial charge in [0.2, 0.25) is 5.95 Å². The van der Waals surface area contributed by atoms with E-state index in [9.17, 15) is 19.1 Å². The molecular weight excluding hydrogens is 347 g/mol. The Morgan fingerprint density at radius 2 is 2.00 bits per heavy atom. The van der Waals surface area contributed by atoms with Gasteiger partial charge in [-0.2, -0.15) is 0 Å². The zero-order chi connectivity index (χ0) is 19.2. The van der Waals surface area contributed by atoms with Crippen molar-refractivity contribution in [1.29, 1.82) is 0 Å². The van der Waals surface area contributed by atoms with Crippen molar-refractivity contribution >= 4 is 17.8 Å². The normalized spacial score (nSPS) is 17.0. The fourth-order valence-corrected chi connectivity index (χ4v) is 2.66. The number of amides is 1. The van der Waals surface area contributed by atoms with E-state index in [1.54, 1.807) is 0 Å². The van der Waals surface area contributed by atoms with E-state index in [0.717, 1.165) is 0 Å². The molecule has 2 rings (SSSR count). The van der Waals surface area contributed by atoms with Gasteiger partial charge in [0.05, 0.1) is 30.6 Å². The molecule has 0 spiro atoms. The number of ether oxygens (including phenoxy) is 1. The second kappa shape index (κ2) is 8.68. The molecule has 1 aromatic heterocycles. The maximum atomic E-state index is 12.9. The van der Waals surface area contributed by atoms with E-state index < -0.39 is 24.0 Å². The Morgan fingerprint density at radius 1 is 1.38 bits per heavy atom. The average Bonchev–Trinajstić information content (AvgIpc) is 2.62. The number of nitrogens with one attached hydrogen (secondary N) is 1. The van der Waals surface area contributed by atoms with Crippen LogP contribution in [0.5, 0.6) is 0 Å². The lowest BCUT2D eigenvalue weighted by Crippen LogP contribution is -2.47. The van der Waals surface area contributed by atoms with Gasteiger partial charge in [-0.25, -0.2) is 19.2 Å². The quantitative estimate of drug-likeness (QED) is 0.476. The number of piperidine rings is 1. The lowest BCUT2D eigenvalue weighted by atomic mass is 9.92. The third kappa shape index (κ3) is 4.96. The summed E-state index contributed by atoms with van der Waals surface area (Å²) in [6.45, 7) is 0.880. The zero-order valence-corrected chi connectivity index (χ0v) is 14.3. The summed E-state index contributed by atoms with van der Waals surface area (Å²) in [5, 5.41) is 20.8. The number of Topliss-reactive ketones (excluding diaryl/α,β-unsaturated/α-hetero) is 1. The summed E-state index contributed by atoms with van der Waals surface area (Å²) in [6, 6.07) is 0. The number of carbonyl (C=O) groups is 2. The summed E-state index contributed by atoms with van der Waals surface area (Å²) in [6.07, 6.45) is 2.24. The van der Waals surface area contributed by atoms with E-state index in [1.807, 2.05) is 10.2 Å². The molecule has 0 atom stereocenters. The smallest absolute Gasteiger partial charge is 0.404 e. The van der Waals surface area contributed by atoms with Crippen molar-refractivity contribution in [3.05, 3.63) is 29.9 Å². The molecule has 0 saturated carbocycles. The summed E-state index contributed by atoms with van der Waals surface area (Å²) in [7, 11) is 1.54. The van der Waals surface area contributed by atoms with Crippen molar-refractivity contribution in [3.8, 4) is 0 Å². The predicted octanol–water partition coefficient (Wildman–Crippen LogP) is 0.758. The first-order chi connectivity index (χ1) is 12.4. The van der Waals surface area contributed by atoms with Crippen LogP contribution in [0.2, 0.25) is 0 Å². The van der Waals surface area contributed by atoms with Crippen LogP contribution in [0.15, 0.2) is 24.3 Å². The molecule has 10 heteroatoms. The van der Waals surface area contributed by atoms with Gasteiger partial charge in [-0.05, 0) is 12.8 Å². The van der Waals surface area contributed by atoms with Gasteiger partial charge in [-0.15, -0.1) is 0 Å². The van der Waals surface area contributed by atoms with Crippen LogP contribution in [0.1, 0.15) is 23.2 Å². The minimum Gasteiger partial charge on any atom is -0.465 e. The minimum atomic E-state index is -1.36. The van der Waals surface area contributed by atoms with Crippen LogP contribution in [0.4, 0.5) is 15.1 Å². The number of nitrogens with zero attached hydrogens (tertiary/aromatic N) is 3. The Labute approximate surface area is 149 Å². The lowest BCUT2D eigenvalue weighted by Gasteiger charge is -2.37. The number of carboxylic acid groups (broad SMARTS) is 1. The van der Waals surface area contributed by atoms with Gasteiger partial charge in [-0.1, -0.05) is 0 Å². The molecule has 1 saturated heterocycles. The van der Waals surface area contributed by atoms with Gasteiger partial charge in [0.15, 0.2) is 5.78 Å². The number of halogens is 1. The maximum Gasteiger partial charge on any atom is 0.404 e. The summed E-state index contributed by atoms with van der Waals surface area (Å²) < 4.78 is 17.9. The molecule has 0 aliphatic carbocycles. The zero-order valence-electron chi connectivity index (χ0n) is 14.3. The first kappa shape index (κ1) is 19.7. The number of ketones is 1. The highest BCUT2D eigenvalue weighted by Crippen LogP contribution is 2.24. The first-order valence-corrected chi connectivity index (χ1v) is 7.97. The summed E-state index contributed by atoms with van der Waals surface area (Å²) in [4.78, 5) is 32.7. The van der Waals surface area contributed by atoms with Gasteiger partial charge in [0.1, 0.15) is 0 Å². The van der Waals surface area contributed by atoms with Gasteiger partial charge in [-0.3, -0.25) is 4.79 Å². The molecule has 0 aromatic carbocycles. The van der Waals surface area contributed by atoms with E-state index in [1.165, 1.54) is 19.5 Å². The largest absolute Gasteiger partial charge is 0.465 e. The second-order valence-electron chi connectivity index (χ2n) is 6.04. The van der Waals surface area contributed by atoms with Gasteiger partial charge < -0.3 is 25.2 Å².